The fourth-order valence-electron chi connectivity index (χ4n) is 2.80. The van der Waals surface area contributed by atoms with E-state index < -0.39 is 0 Å². The zero-order valence-corrected chi connectivity index (χ0v) is 12.4. The lowest BCUT2D eigenvalue weighted by Crippen LogP contribution is -2.29. The lowest BCUT2D eigenvalue weighted by Gasteiger charge is -2.27. The zero-order valence-electron chi connectivity index (χ0n) is 11.7. The average molecular weight is 289 g/mol. The number of hydrogen-bond donors (Lipinski definition) is 1. The molecule has 0 saturated heterocycles. The molecule has 0 bridgehead atoms. The van der Waals surface area contributed by atoms with Crippen LogP contribution in [0.25, 0.3) is 0 Å². The van der Waals surface area contributed by atoms with Crippen LogP contribution in [-0.2, 0) is 4.79 Å². The maximum atomic E-state index is 12.2. The molecular weight excluding hydrogens is 272 g/mol. The normalized spacial score (nSPS) is 22.2. The molecule has 0 aromatic heterocycles. The molecule has 1 aromatic carbocycles. The molecule has 1 aliphatic carbocycles. The third-order valence-electron chi connectivity index (χ3n) is 3.95. The van der Waals surface area contributed by atoms with Crippen molar-refractivity contribution in [2.45, 2.75) is 33.1 Å². The summed E-state index contributed by atoms with van der Waals surface area (Å²) in [6.45, 7) is 4.08. The molecule has 3 nitrogen and oxygen atoms in total. The van der Waals surface area contributed by atoms with Crippen molar-refractivity contribution in [3.05, 3.63) is 45.6 Å². The number of hydrogen-bond acceptors (Lipinski definition) is 3. The van der Waals surface area contributed by atoms with Gasteiger partial charge in [-0.05, 0) is 42.5 Å². The predicted octanol–water partition coefficient (Wildman–Crippen LogP) is 3.60. The van der Waals surface area contributed by atoms with Gasteiger partial charge in [-0.25, -0.2) is 0 Å². The molecule has 4 heteroatoms. The molecule has 0 fully saturated rings. The lowest BCUT2D eigenvalue weighted by atomic mass is 9.84. The summed E-state index contributed by atoms with van der Waals surface area (Å²) in [5.41, 5.74) is 7.94. The van der Waals surface area contributed by atoms with Gasteiger partial charge in [0, 0.05) is 29.1 Å². The Labute approximate surface area is 123 Å². The Morgan fingerprint density at radius 1 is 1.35 bits per heavy atom. The van der Waals surface area contributed by atoms with Gasteiger partial charge in [-0.15, -0.1) is 0 Å². The Balaban J connectivity index is 1.88. The summed E-state index contributed by atoms with van der Waals surface area (Å²) in [6, 6.07) is 5.85. The second-order valence-corrected chi connectivity index (χ2v) is 6.11. The summed E-state index contributed by atoms with van der Waals surface area (Å²) in [7, 11) is 0. The Morgan fingerprint density at radius 3 is 2.90 bits per heavy atom. The van der Waals surface area contributed by atoms with Crippen LogP contribution < -0.4 is 5.43 Å². The van der Waals surface area contributed by atoms with Gasteiger partial charge in [-0.3, -0.25) is 10.2 Å². The number of halogens is 1. The molecule has 1 aromatic rings. The fourth-order valence-corrected chi connectivity index (χ4v) is 2.92. The van der Waals surface area contributed by atoms with Gasteiger partial charge in [0.05, 0.1) is 5.71 Å². The first-order chi connectivity index (χ1) is 9.54. The highest BCUT2D eigenvalue weighted by molar-refractivity contribution is 6.31. The number of benzene rings is 1. The minimum absolute atomic E-state index is 0.254. The van der Waals surface area contributed by atoms with E-state index in [2.05, 4.69) is 17.5 Å². The number of nitrogens with one attached hydrogen (secondary N) is 1. The van der Waals surface area contributed by atoms with E-state index in [1.54, 1.807) is 0 Å². The van der Waals surface area contributed by atoms with Gasteiger partial charge in [0.15, 0.2) is 5.78 Å². The molecule has 104 valence electrons. The monoisotopic (exact) mass is 288 g/mol. The lowest BCUT2D eigenvalue weighted by molar-refractivity contribution is -0.117. The van der Waals surface area contributed by atoms with E-state index in [0.717, 1.165) is 39.6 Å². The maximum Gasteiger partial charge on any atom is 0.161 e. The first-order valence-corrected chi connectivity index (χ1v) is 7.26. The summed E-state index contributed by atoms with van der Waals surface area (Å²) in [5.74, 6) is 0.660. The van der Waals surface area contributed by atoms with Gasteiger partial charge in [-0.2, -0.15) is 5.10 Å². The van der Waals surface area contributed by atoms with Gasteiger partial charge in [0.25, 0.3) is 0 Å². The van der Waals surface area contributed by atoms with E-state index in [9.17, 15) is 4.79 Å². The summed E-state index contributed by atoms with van der Waals surface area (Å²) in [6.07, 6.45) is 2.18. The van der Waals surface area contributed by atoms with Crippen LogP contribution >= 0.6 is 11.6 Å². The number of carbonyl (C=O) groups excluding carboxylic acids is 1. The molecular formula is C16H17ClN2O. The van der Waals surface area contributed by atoms with Gasteiger partial charge in [0.1, 0.15) is 0 Å². The average Bonchev–Trinajstić information content (AvgIpc) is 2.41. The van der Waals surface area contributed by atoms with E-state index >= 15 is 0 Å². The molecule has 1 N–H and O–H groups in total. The first kappa shape index (κ1) is 13.4. The second kappa shape index (κ2) is 5.06. The third-order valence-corrected chi connectivity index (χ3v) is 4.37. The Hall–Kier alpha value is -1.61. The first-order valence-electron chi connectivity index (χ1n) is 6.89. The van der Waals surface area contributed by atoms with Crippen molar-refractivity contribution in [3.63, 3.8) is 0 Å². The third kappa shape index (κ3) is 2.38. The highest BCUT2D eigenvalue weighted by Crippen LogP contribution is 2.30. The van der Waals surface area contributed by atoms with Gasteiger partial charge < -0.3 is 0 Å². The molecule has 3 rings (SSSR count). The Kier molecular flexibility index (Phi) is 3.38. The molecule has 20 heavy (non-hydrogen) atoms. The van der Waals surface area contributed by atoms with Crippen molar-refractivity contribution in [3.8, 4) is 0 Å². The number of ketones is 1. The van der Waals surface area contributed by atoms with Crippen molar-refractivity contribution in [2.24, 2.45) is 11.0 Å². The van der Waals surface area contributed by atoms with E-state index in [0.29, 0.717) is 18.8 Å². The zero-order chi connectivity index (χ0) is 14.3. The number of Topliss-reactive ketones (excluding diaryl/α,β-unsaturated/α-hetero) is 1. The predicted molar refractivity (Wildman–Crippen MR) is 80.9 cm³/mol. The quantitative estimate of drug-likeness (QED) is 0.858. The van der Waals surface area contributed by atoms with Gasteiger partial charge in [0.2, 0.25) is 0 Å². The standard InChI is InChI=1S/C16H17ClN2O/c1-9-5-15-12(16(20)6-9)8-14(18-19-15)11-3-4-13(17)10(2)7-11/h3-4,7,9,19H,5-6,8H2,1-2H3/t9-/m0/s1. The summed E-state index contributed by atoms with van der Waals surface area (Å²) >= 11 is 6.05. The number of carbonyl (C=O) groups is 1. The molecule has 0 unspecified atom stereocenters. The van der Waals surface area contributed by atoms with Crippen LogP contribution in [0.2, 0.25) is 5.02 Å². The molecule has 1 aliphatic heterocycles. The van der Waals surface area contributed by atoms with Crippen molar-refractivity contribution in [1.82, 2.24) is 5.43 Å². The molecule has 0 saturated carbocycles. The van der Waals surface area contributed by atoms with E-state index in [1.807, 2.05) is 25.1 Å². The molecule has 2 aliphatic rings. The Bertz CT molecular complexity index is 646. The van der Waals surface area contributed by atoms with Crippen LogP contribution in [0.1, 0.15) is 37.3 Å². The molecule has 0 amide bonds. The number of allylic oxidation sites excluding steroid dienone is 2. The summed E-state index contributed by atoms with van der Waals surface area (Å²) in [4.78, 5) is 12.2. The van der Waals surface area contributed by atoms with Crippen molar-refractivity contribution in [1.29, 1.82) is 0 Å². The largest absolute Gasteiger partial charge is 0.294 e. The molecule has 1 atom stereocenters. The number of aryl methyl sites for hydroxylation is 1. The van der Waals surface area contributed by atoms with Gasteiger partial charge >= 0.3 is 0 Å². The highest BCUT2D eigenvalue weighted by atomic mass is 35.5. The highest BCUT2D eigenvalue weighted by Gasteiger charge is 2.28. The van der Waals surface area contributed by atoms with Crippen molar-refractivity contribution in [2.75, 3.05) is 0 Å². The van der Waals surface area contributed by atoms with Crippen LogP contribution in [-0.4, -0.2) is 11.5 Å². The second-order valence-electron chi connectivity index (χ2n) is 5.70. The summed E-state index contributed by atoms with van der Waals surface area (Å²) in [5, 5.41) is 5.19. The molecule has 1 heterocycles. The number of rotatable bonds is 1. The maximum absolute atomic E-state index is 12.2. The molecule has 0 radical (unpaired) electrons. The minimum atomic E-state index is 0.254. The Morgan fingerprint density at radius 2 is 2.15 bits per heavy atom. The van der Waals surface area contributed by atoms with Crippen LogP contribution in [0.5, 0.6) is 0 Å². The van der Waals surface area contributed by atoms with Crippen LogP contribution in [0.3, 0.4) is 0 Å². The number of nitrogens with zero attached hydrogens (tertiary/aromatic N) is 1. The number of hydrazone groups is 1. The molecule has 0 spiro atoms. The van der Waals surface area contributed by atoms with Gasteiger partial charge in [-0.1, -0.05) is 24.6 Å². The van der Waals surface area contributed by atoms with Crippen LogP contribution in [0, 0.1) is 12.8 Å². The SMILES string of the molecule is Cc1cc(C2=NNC3=C(C2)C(=O)C[C@@H](C)C3)ccc1Cl. The van der Waals surface area contributed by atoms with Crippen molar-refractivity contribution < 1.29 is 4.79 Å². The fraction of sp³-hybridized carbons (Fsp3) is 0.375. The van der Waals surface area contributed by atoms with Crippen LogP contribution in [0.4, 0.5) is 0 Å². The summed E-state index contributed by atoms with van der Waals surface area (Å²) < 4.78 is 0. The van der Waals surface area contributed by atoms with Crippen molar-refractivity contribution >= 4 is 23.1 Å². The van der Waals surface area contributed by atoms with E-state index in [1.165, 1.54) is 0 Å². The van der Waals surface area contributed by atoms with E-state index in [4.69, 9.17) is 11.6 Å². The minimum Gasteiger partial charge on any atom is -0.294 e. The smallest absolute Gasteiger partial charge is 0.161 e. The van der Waals surface area contributed by atoms with E-state index in [-0.39, 0.29) is 5.78 Å². The topological polar surface area (TPSA) is 41.5 Å². The van der Waals surface area contributed by atoms with Crippen LogP contribution in [0.15, 0.2) is 34.6 Å².